The zero-order valence-electron chi connectivity index (χ0n) is 8.68. The third-order valence-corrected chi connectivity index (χ3v) is 2.72. The topological polar surface area (TPSA) is 59.7 Å². The van der Waals surface area contributed by atoms with E-state index in [9.17, 15) is 4.91 Å². The van der Waals surface area contributed by atoms with Gasteiger partial charge >= 0.3 is 0 Å². The van der Waals surface area contributed by atoms with Gasteiger partial charge in [-0.25, -0.2) is 0 Å². The van der Waals surface area contributed by atoms with Gasteiger partial charge in [0.15, 0.2) is 0 Å². The Bertz CT molecular complexity index is 227. The van der Waals surface area contributed by atoms with Crippen LogP contribution in [0.5, 0.6) is 0 Å². The summed E-state index contributed by atoms with van der Waals surface area (Å²) in [5, 5.41) is 14.6. The van der Waals surface area contributed by atoms with E-state index in [-0.39, 0.29) is 6.54 Å². The molecule has 0 amide bonds. The average Bonchev–Trinajstić information content (AvgIpc) is 2.16. The van der Waals surface area contributed by atoms with Gasteiger partial charge in [0.2, 0.25) is 0 Å². The van der Waals surface area contributed by atoms with Crippen molar-refractivity contribution < 1.29 is 0 Å². The normalized spacial score (nSPS) is 28.1. The molecule has 0 aromatic rings. The van der Waals surface area contributed by atoms with Gasteiger partial charge in [-0.1, -0.05) is 6.42 Å². The predicted molar refractivity (Wildman–Crippen MR) is 52.7 cm³/mol. The Hall–Kier alpha value is -1.15. The fourth-order valence-corrected chi connectivity index (χ4v) is 2.08. The molecule has 0 aromatic heterocycles. The molecule has 1 saturated heterocycles. The van der Waals surface area contributed by atoms with E-state index in [1.54, 1.807) is 0 Å². The summed E-state index contributed by atoms with van der Waals surface area (Å²) in [5.74, 6) is 0. The smallest absolute Gasteiger partial charge is 0.143 e. The van der Waals surface area contributed by atoms with Crippen LogP contribution in [0, 0.1) is 16.2 Å². The molecule has 0 aromatic carbocycles. The molecule has 1 aliphatic rings. The van der Waals surface area contributed by atoms with Gasteiger partial charge in [0.05, 0.1) is 11.4 Å². The van der Waals surface area contributed by atoms with E-state index in [0.29, 0.717) is 12.1 Å². The van der Waals surface area contributed by atoms with Gasteiger partial charge in [0.1, 0.15) is 6.54 Å². The van der Waals surface area contributed by atoms with Crippen LogP contribution in [0.25, 0.3) is 0 Å². The highest BCUT2D eigenvalue weighted by Crippen LogP contribution is 2.24. The lowest BCUT2D eigenvalue weighted by molar-refractivity contribution is -0.0969. The lowest BCUT2D eigenvalue weighted by Crippen LogP contribution is -2.52. The van der Waals surface area contributed by atoms with Gasteiger partial charge in [-0.15, -0.1) is 4.91 Å². The number of nitriles is 1. The van der Waals surface area contributed by atoms with Crippen molar-refractivity contribution in [1.29, 1.82) is 5.26 Å². The quantitative estimate of drug-likeness (QED) is 0.391. The summed E-state index contributed by atoms with van der Waals surface area (Å²) in [5.41, 5.74) is 0. The first-order valence-corrected chi connectivity index (χ1v) is 4.96. The second kappa shape index (κ2) is 4.91. The van der Waals surface area contributed by atoms with Crippen LogP contribution in [0.2, 0.25) is 0 Å². The standard InChI is InChI=1S/C9H16N4O/c1-8-4-3-5-9(2)13(8)12(11-14)7-6-10/h8-9H,3-5,7H2,1-2H3/t8-,9+. The zero-order valence-corrected chi connectivity index (χ0v) is 8.68. The molecule has 0 N–H and O–H groups in total. The van der Waals surface area contributed by atoms with Crippen LogP contribution in [0.15, 0.2) is 5.29 Å². The number of rotatable bonds is 3. The zero-order chi connectivity index (χ0) is 10.6. The molecule has 5 nitrogen and oxygen atoms in total. The molecule has 0 bridgehead atoms. The summed E-state index contributed by atoms with van der Waals surface area (Å²) in [6.45, 7) is 4.16. The van der Waals surface area contributed by atoms with E-state index in [1.807, 2.05) is 11.1 Å². The van der Waals surface area contributed by atoms with Crippen molar-refractivity contribution in [1.82, 2.24) is 10.1 Å². The molecular formula is C9H16N4O. The summed E-state index contributed by atoms with van der Waals surface area (Å²) in [4.78, 5) is 10.6. The Balaban J connectivity index is 2.69. The Morgan fingerprint density at radius 3 is 2.50 bits per heavy atom. The summed E-state index contributed by atoms with van der Waals surface area (Å²) >= 11 is 0. The molecule has 5 heteroatoms. The van der Waals surface area contributed by atoms with Crippen molar-refractivity contribution in [3.8, 4) is 6.07 Å². The molecule has 14 heavy (non-hydrogen) atoms. The molecule has 0 unspecified atom stereocenters. The lowest BCUT2D eigenvalue weighted by Gasteiger charge is -2.41. The highest BCUT2D eigenvalue weighted by Gasteiger charge is 2.29. The Kier molecular flexibility index (Phi) is 3.84. The van der Waals surface area contributed by atoms with Crippen LogP contribution in [0.1, 0.15) is 33.1 Å². The van der Waals surface area contributed by atoms with Crippen LogP contribution in [-0.4, -0.2) is 28.8 Å². The largest absolute Gasteiger partial charge is 0.196 e. The lowest BCUT2D eigenvalue weighted by atomic mass is 10.00. The number of nitroso groups, excluding NO2 is 1. The second-order valence-electron chi connectivity index (χ2n) is 3.78. The fraction of sp³-hybridized carbons (Fsp3) is 0.889. The first kappa shape index (κ1) is 10.9. The SMILES string of the molecule is C[C@@H]1CCC[C@H](C)N1N(CC#N)N=O. The summed E-state index contributed by atoms with van der Waals surface area (Å²) in [6, 6.07) is 2.54. The van der Waals surface area contributed by atoms with Gasteiger partial charge in [-0.2, -0.15) is 15.4 Å². The molecule has 2 atom stereocenters. The van der Waals surface area contributed by atoms with Crippen LogP contribution < -0.4 is 0 Å². The van der Waals surface area contributed by atoms with Crippen LogP contribution in [0.3, 0.4) is 0 Å². The minimum Gasteiger partial charge on any atom is -0.196 e. The highest BCUT2D eigenvalue weighted by atomic mass is 16.3. The van der Waals surface area contributed by atoms with E-state index >= 15 is 0 Å². The minimum atomic E-state index is 0.0399. The maximum Gasteiger partial charge on any atom is 0.143 e. The third-order valence-electron chi connectivity index (χ3n) is 2.72. The molecule has 0 aliphatic carbocycles. The first-order chi connectivity index (χ1) is 6.70. The molecule has 78 valence electrons. The number of hydrogen-bond acceptors (Lipinski definition) is 4. The Morgan fingerprint density at radius 1 is 1.50 bits per heavy atom. The summed E-state index contributed by atoms with van der Waals surface area (Å²) in [6.07, 6.45) is 3.29. The molecular weight excluding hydrogens is 180 g/mol. The van der Waals surface area contributed by atoms with E-state index in [1.165, 1.54) is 11.5 Å². The van der Waals surface area contributed by atoms with Crippen molar-refractivity contribution in [3.05, 3.63) is 4.91 Å². The number of hydrazine groups is 1. The maximum atomic E-state index is 10.6. The van der Waals surface area contributed by atoms with Crippen molar-refractivity contribution >= 4 is 0 Å². The average molecular weight is 196 g/mol. The number of hydrogen-bond donors (Lipinski definition) is 0. The van der Waals surface area contributed by atoms with Gasteiger partial charge in [0.25, 0.3) is 0 Å². The van der Waals surface area contributed by atoms with E-state index in [0.717, 1.165) is 12.8 Å². The predicted octanol–water partition coefficient (Wildman–Crippen LogP) is 1.67. The van der Waals surface area contributed by atoms with E-state index in [4.69, 9.17) is 5.26 Å². The van der Waals surface area contributed by atoms with Crippen molar-refractivity contribution in [3.63, 3.8) is 0 Å². The van der Waals surface area contributed by atoms with E-state index in [2.05, 4.69) is 19.1 Å². The van der Waals surface area contributed by atoms with E-state index < -0.39 is 0 Å². The number of nitrogens with zero attached hydrogens (tertiary/aromatic N) is 4. The van der Waals surface area contributed by atoms with Crippen LogP contribution in [-0.2, 0) is 0 Å². The molecule has 0 radical (unpaired) electrons. The van der Waals surface area contributed by atoms with Crippen molar-refractivity contribution in [2.75, 3.05) is 6.54 Å². The fourth-order valence-electron chi connectivity index (χ4n) is 2.08. The molecule has 0 spiro atoms. The van der Waals surface area contributed by atoms with Gasteiger partial charge < -0.3 is 0 Å². The molecule has 0 saturated carbocycles. The van der Waals surface area contributed by atoms with Gasteiger partial charge in [-0.3, -0.25) is 0 Å². The summed E-state index contributed by atoms with van der Waals surface area (Å²) in [7, 11) is 0. The molecule has 1 aliphatic heterocycles. The van der Waals surface area contributed by atoms with Gasteiger partial charge in [0, 0.05) is 12.1 Å². The van der Waals surface area contributed by atoms with Gasteiger partial charge in [-0.05, 0) is 26.7 Å². The van der Waals surface area contributed by atoms with Crippen molar-refractivity contribution in [2.45, 2.75) is 45.2 Å². The highest BCUT2D eigenvalue weighted by molar-refractivity contribution is 4.81. The first-order valence-electron chi connectivity index (χ1n) is 4.96. The van der Waals surface area contributed by atoms with Crippen LogP contribution in [0.4, 0.5) is 0 Å². The molecule has 1 fully saturated rings. The molecule has 1 rings (SSSR count). The Labute approximate surface area is 84.2 Å². The third kappa shape index (κ3) is 2.20. The molecule has 1 heterocycles. The monoisotopic (exact) mass is 196 g/mol. The minimum absolute atomic E-state index is 0.0399. The van der Waals surface area contributed by atoms with Crippen molar-refractivity contribution in [2.24, 2.45) is 5.29 Å². The second-order valence-corrected chi connectivity index (χ2v) is 3.78. The Morgan fingerprint density at radius 2 is 2.07 bits per heavy atom. The maximum absolute atomic E-state index is 10.6. The van der Waals surface area contributed by atoms with Crippen LogP contribution >= 0.6 is 0 Å². The summed E-state index contributed by atoms with van der Waals surface area (Å²) < 4.78 is 0. The number of piperidine rings is 1.